The second kappa shape index (κ2) is 4.06. The number of hydrogen-bond acceptors (Lipinski definition) is 3. The minimum Gasteiger partial charge on any atom is -0.320 e. The molecule has 0 amide bonds. The van der Waals surface area contributed by atoms with E-state index in [1.807, 2.05) is 0 Å². The van der Waals surface area contributed by atoms with Gasteiger partial charge in [-0.25, -0.2) is 4.98 Å². The number of nitrogens with zero attached hydrogens (tertiary/aromatic N) is 1. The Morgan fingerprint density at radius 1 is 1.21 bits per heavy atom. The third-order valence-electron chi connectivity index (χ3n) is 3.21. The van der Waals surface area contributed by atoms with Gasteiger partial charge < -0.3 is 10.3 Å². The zero-order valence-corrected chi connectivity index (χ0v) is 9.77. The van der Waals surface area contributed by atoms with Gasteiger partial charge in [0.15, 0.2) is 0 Å². The molecule has 0 saturated carbocycles. The van der Waals surface area contributed by atoms with E-state index in [-0.39, 0.29) is 11.1 Å². The molecular weight excluding hydrogens is 259 g/mol. The van der Waals surface area contributed by atoms with Crippen molar-refractivity contribution in [2.24, 2.45) is 0 Å². The monoisotopic (exact) mass is 269 g/mol. The average Bonchev–Trinajstić information content (AvgIpc) is 2.37. The summed E-state index contributed by atoms with van der Waals surface area (Å²) in [5.41, 5.74) is 0.475. The Morgan fingerprint density at radius 3 is 2.74 bits per heavy atom. The number of nitrogens with one attached hydrogen (secondary N) is 2. The van der Waals surface area contributed by atoms with Gasteiger partial charge in [0.2, 0.25) is 0 Å². The molecular formula is C12H10F3N3O. The fraction of sp³-hybridized carbons (Fsp3) is 0.333. The van der Waals surface area contributed by atoms with Crippen LogP contribution in [0.15, 0.2) is 16.9 Å². The second-order valence-corrected chi connectivity index (χ2v) is 4.43. The van der Waals surface area contributed by atoms with Crippen LogP contribution >= 0.6 is 0 Å². The lowest BCUT2D eigenvalue weighted by molar-refractivity contribution is -0.140. The highest BCUT2D eigenvalue weighted by atomic mass is 19.4. The maximum atomic E-state index is 12.7. The zero-order chi connectivity index (χ0) is 13.6. The third kappa shape index (κ3) is 1.99. The summed E-state index contributed by atoms with van der Waals surface area (Å²) >= 11 is 0. The summed E-state index contributed by atoms with van der Waals surface area (Å²) in [5, 5.41) is 3.02. The normalized spacial score (nSPS) is 15.5. The van der Waals surface area contributed by atoms with Crippen LogP contribution < -0.4 is 10.9 Å². The van der Waals surface area contributed by atoms with E-state index < -0.39 is 11.9 Å². The van der Waals surface area contributed by atoms with E-state index in [4.69, 9.17) is 0 Å². The Bertz CT molecular complexity index is 706. The highest BCUT2D eigenvalue weighted by Gasteiger charge is 2.33. The van der Waals surface area contributed by atoms with Crippen molar-refractivity contribution in [1.29, 1.82) is 0 Å². The molecule has 3 rings (SSSR count). The SMILES string of the molecule is O=c1[nH]c2ccc(C(F)(F)F)nc2c2c1CNCC2. The molecule has 1 aliphatic heterocycles. The molecule has 0 bridgehead atoms. The van der Waals surface area contributed by atoms with E-state index in [1.54, 1.807) is 0 Å². The molecule has 0 unspecified atom stereocenters. The van der Waals surface area contributed by atoms with E-state index in [9.17, 15) is 18.0 Å². The maximum Gasteiger partial charge on any atom is 0.433 e. The van der Waals surface area contributed by atoms with E-state index in [0.29, 0.717) is 36.2 Å². The summed E-state index contributed by atoms with van der Waals surface area (Å²) in [7, 11) is 0. The van der Waals surface area contributed by atoms with Gasteiger partial charge in [-0.2, -0.15) is 13.2 Å². The van der Waals surface area contributed by atoms with E-state index in [0.717, 1.165) is 6.07 Å². The van der Waals surface area contributed by atoms with Gasteiger partial charge in [-0.05, 0) is 30.7 Å². The number of aromatic nitrogens is 2. The van der Waals surface area contributed by atoms with E-state index in [1.165, 1.54) is 6.07 Å². The number of pyridine rings is 2. The number of alkyl halides is 3. The fourth-order valence-electron chi connectivity index (χ4n) is 2.31. The highest BCUT2D eigenvalue weighted by Crippen LogP contribution is 2.29. The van der Waals surface area contributed by atoms with Gasteiger partial charge in [0.1, 0.15) is 5.69 Å². The Kier molecular flexibility index (Phi) is 2.60. The van der Waals surface area contributed by atoms with Gasteiger partial charge >= 0.3 is 6.18 Å². The van der Waals surface area contributed by atoms with Gasteiger partial charge in [0.05, 0.1) is 11.0 Å². The van der Waals surface area contributed by atoms with Crippen molar-refractivity contribution in [2.45, 2.75) is 19.1 Å². The van der Waals surface area contributed by atoms with Gasteiger partial charge in [0, 0.05) is 12.1 Å². The molecule has 0 spiro atoms. The first-order chi connectivity index (χ1) is 8.97. The number of rotatable bonds is 0. The molecule has 0 atom stereocenters. The maximum absolute atomic E-state index is 12.7. The van der Waals surface area contributed by atoms with Crippen molar-refractivity contribution in [2.75, 3.05) is 6.54 Å². The van der Waals surface area contributed by atoms with Crippen molar-refractivity contribution < 1.29 is 13.2 Å². The number of aromatic amines is 1. The first-order valence-electron chi connectivity index (χ1n) is 5.79. The Morgan fingerprint density at radius 2 is 2.00 bits per heavy atom. The van der Waals surface area contributed by atoms with Crippen molar-refractivity contribution >= 4 is 11.0 Å². The predicted molar refractivity (Wildman–Crippen MR) is 62.8 cm³/mol. The molecule has 0 fully saturated rings. The first kappa shape index (κ1) is 12.2. The molecule has 3 heterocycles. The molecule has 2 N–H and O–H groups in total. The van der Waals surface area contributed by atoms with Crippen molar-refractivity contribution in [3.8, 4) is 0 Å². The topological polar surface area (TPSA) is 57.8 Å². The third-order valence-corrected chi connectivity index (χ3v) is 3.21. The van der Waals surface area contributed by atoms with Crippen molar-refractivity contribution in [1.82, 2.24) is 15.3 Å². The largest absolute Gasteiger partial charge is 0.433 e. The van der Waals surface area contributed by atoms with Crippen LogP contribution in [0.4, 0.5) is 13.2 Å². The first-order valence-corrected chi connectivity index (χ1v) is 5.79. The lowest BCUT2D eigenvalue weighted by atomic mass is 10.0. The molecule has 7 heteroatoms. The van der Waals surface area contributed by atoms with Crippen LogP contribution in [-0.2, 0) is 19.1 Å². The standard InChI is InChI=1S/C12H10F3N3O/c13-12(14,15)9-2-1-8-10(18-9)6-3-4-16-5-7(6)11(19)17-8/h1-2,16H,3-5H2,(H,17,19). The minimum absolute atomic E-state index is 0.242. The molecule has 0 aliphatic carbocycles. The molecule has 0 radical (unpaired) electrons. The number of halogens is 3. The van der Waals surface area contributed by atoms with Crippen LogP contribution in [-0.4, -0.2) is 16.5 Å². The summed E-state index contributed by atoms with van der Waals surface area (Å²) in [6.45, 7) is 0.988. The minimum atomic E-state index is -4.48. The Labute approximate surface area is 105 Å². The van der Waals surface area contributed by atoms with Crippen molar-refractivity contribution in [3.05, 3.63) is 39.3 Å². The molecule has 2 aromatic rings. The van der Waals surface area contributed by atoms with Crippen LogP contribution in [0.3, 0.4) is 0 Å². The zero-order valence-electron chi connectivity index (χ0n) is 9.77. The number of hydrogen-bond donors (Lipinski definition) is 2. The second-order valence-electron chi connectivity index (χ2n) is 4.43. The quantitative estimate of drug-likeness (QED) is 0.763. The summed E-state index contributed by atoms with van der Waals surface area (Å²) in [5.74, 6) is 0. The van der Waals surface area contributed by atoms with Crippen LogP contribution in [0.25, 0.3) is 11.0 Å². The molecule has 4 nitrogen and oxygen atoms in total. The average molecular weight is 269 g/mol. The molecule has 0 saturated heterocycles. The molecule has 1 aliphatic rings. The van der Waals surface area contributed by atoms with E-state index >= 15 is 0 Å². The highest BCUT2D eigenvalue weighted by molar-refractivity contribution is 5.79. The van der Waals surface area contributed by atoms with Gasteiger partial charge in [-0.15, -0.1) is 0 Å². The molecule has 100 valence electrons. The smallest absolute Gasteiger partial charge is 0.320 e. The number of fused-ring (bicyclic) bond motifs is 3. The van der Waals surface area contributed by atoms with Crippen LogP contribution in [0, 0.1) is 0 Å². The van der Waals surface area contributed by atoms with Gasteiger partial charge in [0.25, 0.3) is 5.56 Å². The number of H-pyrrole nitrogens is 1. The lowest BCUT2D eigenvalue weighted by Gasteiger charge is -2.18. The molecule has 2 aromatic heterocycles. The van der Waals surface area contributed by atoms with Gasteiger partial charge in [-0.1, -0.05) is 0 Å². The summed E-state index contributed by atoms with van der Waals surface area (Å²) < 4.78 is 38.0. The van der Waals surface area contributed by atoms with Crippen LogP contribution in [0.1, 0.15) is 16.8 Å². The summed E-state index contributed by atoms with van der Waals surface area (Å²) in [6.07, 6.45) is -3.98. The van der Waals surface area contributed by atoms with Gasteiger partial charge in [-0.3, -0.25) is 4.79 Å². The summed E-state index contributed by atoms with van der Waals surface area (Å²) in [4.78, 5) is 18.1. The fourth-order valence-corrected chi connectivity index (χ4v) is 2.31. The van der Waals surface area contributed by atoms with Crippen LogP contribution in [0.5, 0.6) is 0 Å². The Balaban J connectivity index is 2.32. The predicted octanol–water partition coefficient (Wildman–Crippen LogP) is 1.59. The van der Waals surface area contributed by atoms with E-state index in [2.05, 4.69) is 15.3 Å². The van der Waals surface area contributed by atoms with Crippen molar-refractivity contribution in [3.63, 3.8) is 0 Å². The van der Waals surface area contributed by atoms with Crippen LogP contribution in [0.2, 0.25) is 0 Å². The Hall–Kier alpha value is -1.89. The summed E-state index contributed by atoms with van der Waals surface area (Å²) in [6, 6.07) is 2.14. The lowest BCUT2D eigenvalue weighted by Crippen LogP contribution is -2.30. The molecule has 19 heavy (non-hydrogen) atoms. The molecule has 0 aromatic carbocycles.